The van der Waals surface area contributed by atoms with Crippen molar-refractivity contribution in [2.75, 3.05) is 10.7 Å². The van der Waals surface area contributed by atoms with Crippen LogP contribution in [0.25, 0.3) is 0 Å². The maximum Gasteiger partial charge on any atom is 0.294 e. The van der Waals surface area contributed by atoms with Crippen molar-refractivity contribution in [3.05, 3.63) is 33.3 Å². The molecule has 0 unspecified atom stereocenters. The molecular weight excluding hydrogens is 274 g/mol. The van der Waals surface area contributed by atoms with Gasteiger partial charge in [0.1, 0.15) is 5.69 Å². The third kappa shape index (κ3) is 2.30. The summed E-state index contributed by atoms with van der Waals surface area (Å²) >= 11 is 7.20. The number of nitrogens with one attached hydrogen (secondary N) is 1. The van der Waals surface area contributed by atoms with Crippen LogP contribution in [0.1, 0.15) is 13.3 Å². The average Bonchev–Trinajstić information content (AvgIpc) is 2.70. The molecule has 1 saturated heterocycles. The molecule has 0 amide bonds. The van der Waals surface area contributed by atoms with E-state index < -0.39 is 4.92 Å². The lowest BCUT2D eigenvalue weighted by Gasteiger charge is -2.24. The van der Waals surface area contributed by atoms with Crippen LogP contribution in [-0.2, 0) is 0 Å². The fraction of sp³-hybridized carbons (Fsp3) is 0.364. The quantitative estimate of drug-likeness (QED) is 0.681. The molecule has 1 N–H and O–H groups in total. The highest BCUT2D eigenvalue weighted by atomic mass is 35.5. The van der Waals surface area contributed by atoms with Crippen molar-refractivity contribution in [1.29, 1.82) is 5.41 Å². The first-order valence-electron chi connectivity index (χ1n) is 5.49. The summed E-state index contributed by atoms with van der Waals surface area (Å²) in [4.78, 5) is 12.3. The summed E-state index contributed by atoms with van der Waals surface area (Å²) in [6, 6.07) is 4.69. The van der Waals surface area contributed by atoms with Crippen molar-refractivity contribution < 1.29 is 4.92 Å². The SMILES string of the molecule is CC[C@@H]1CSC(=N)N1c1ccc(Cl)cc1[N+](=O)[O-]. The highest BCUT2D eigenvalue weighted by Gasteiger charge is 2.33. The highest BCUT2D eigenvalue weighted by molar-refractivity contribution is 8.14. The van der Waals surface area contributed by atoms with Gasteiger partial charge in [0.25, 0.3) is 5.69 Å². The molecule has 1 aromatic rings. The van der Waals surface area contributed by atoms with Gasteiger partial charge in [0.05, 0.1) is 4.92 Å². The van der Waals surface area contributed by atoms with Gasteiger partial charge in [-0.3, -0.25) is 15.5 Å². The molecule has 7 heteroatoms. The number of anilines is 1. The second-order valence-corrected chi connectivity index (χ2v) is 5.38. The summed E-state index contributed by atoms with van der Waals surface area (Å²) < 4.78 is 0. The lowest BCUT2D eigenvalue weighted by atomic mass is 10.2. The largest absolute Gasteiger partial charge is 0.312 e. The summed E-state index contributed by atoms with van der Waals surface area (Å²) in [5.74, 6) is 0.787. The topological polar surface area (TPSA) is 70.2 Å². The van der Waals surface area contributed by atoms with Gasteiger partial charge in [0.15, 0.2) is 5.17 Å². The van der Waals surface area contributed by atoms with Crippen LogP contribution in [-0.4, -0.2) is 21.9 Å². The van der Waals surface area contributed by atoms with Gasteiger partial charge in [-0.1, -0.05) is 30.3 Å². The molecule has 0 spiro atoms. The predicted molar refractivity (Wildman–Crippen MR) is 74.8 cm³/mol. The van der Waals surface area contributed by atoms with Crippen molar-refractivity contribution in [2.24, 2.45) is 0 Å². The molecule has 1 aliphatic rings. The van der Waals surface area contributed by atoms with Crippen LogP contribution >= 0.6 is 23.4 Å². The number of hydrogen-bond donors (Lipinski definition) is 1. The Morgan fingerprint density at radius 1 is 1.67 bits per heavy atom. The minimum absolute atomic E-state index is 0.0480. The van der Waals surface area contributed by atoms with Crippen molar-refractivity contribution in [3.8, 4) is 0 Å². The van der Waals surface area contributed by atoms with E-state index in [1.54, 1.807) is 17.0 Å². The number of nitro groups is 1. The molecule has 0 bridgehead atoms. The molecule has 5 nitrogen and oxygen atoms in total. The molecule has 0 aromatic heterocycles. The second-order valence-electron chi connectivity index (χ2n) is 3.94. The van der Waals surface area contributed by atoms with Gasteiger partial charge in [-0.2, -0.15) is 0 Å². The molecule has 1 fully saturated rings. The Balaban J connectivity index is 2.49. The number of rotatable bonds is 3. The number of hydrogen-bond acceptors (Lipinski definition) is 4. The van der Waals surface area contributed by atoms with Crippen LogP contribution in [0, 0.1) is 15.5 Å². The summed E-state index contributed by atoms with van der Waals surface area (Å²) in [5.41, 5.74) is 0.402. The normalized spacial score (nSPS) is 19.3. The van der Waals surface area contributed by atoms with Gasteiger partial charge >= 0.3 is 0 Å². The minimum atomic E-state index is -0.454. The average molecular weight is 286 g/mol. The Morgan fingerprint density at radius 3 is 3.00 bits per heavy atom. The van der Waals surface area contributed by atoms with E-state index in [0.717, 1.165) is 12.2 Å². The number of thioether (sulfide) groups is 1. The highest BCUT2D eigenvalue weighted by Crippen LogP contribution is 2.37. The summed E-state index contributed by atoms with van der Waals surface area (Å²) in [5, 5.41) is 19.7. The summed E-state index contributed by atoms with van der Waals surface area (Å²) in [6.07, 6.45) is 0.842. The lowest BCUT2D eigenvalue weighted by molar-refractivity contribution is -0.384. The Bertz CT molecular complexity index is 509. The van der Waals surface area contributed by atoms with E-state index in [-0.39, 0.29) is 11.7 Å². The van der Waals surface area contributed by atoms with Gasteiger partial charge in [0, 0.05) is 22.9 Å². The van der Waals surface area contributed by atoms with E-state index >= 15 is 0 Å². The Hall–Kier alpha value is -1.27. The molecule has 1 aliphatic heterocycles. The molecule has 0 saturated carbocycles. The van der Waals surface area contributed by atoms with Crippen molar-refractivity contribution in [1.82, 2.24) is 0 Å². The van der Waals surface area contributed by atoms with Crippen molar-refractivity contribution >= 4 is 39.9 Å². The molecule has 18 heavy (non-hydrogen) atoms. The van der Waals surface area contributed by atoms with Crippen LogP contribution in [0.4, 0.5) is 11.4 Å². The zero-order valence-electron chi connectivity index (χ0n) is 9.72. The van der Waals surface area contributed by atoms with E-state index in [1.165, 1.54) is 17.8 Å². The Kier molecular flexibility index (Phi) is 3.77. The maximum atomic E-state index is 11.1. The Labute approximate surface area is 114 Å². The van der Waals surface area contributed by atoms with E-state index in [4.69, 9.17) is 17.0 Å². The number of nitrogens with zero attached hydrogens (tertiary/aromatic N) is 2. The minimum Gasteiger partial charge on any atom is -0.312 e. The number of amidine groups is 1. The van der Waals surface area contributed by atoms with E-state index in [0.29, 0.717) is 15.9 Å². The van der Waals surface area contributed by atoms with Crippen LogP contribution in [0.3, 0.4) is 0 Å². The maximum absolute atomic E-state index is 11.1. The van der Waals surface area contributed by atoms with Gasteiger partial charge in [0.2, 0.25) is 0 Å². The zero-order chi connectivity index (χ0) is 13.3. The fourth-order valence-electron chi connectivity index (χ4n) is 1.94. The van der Waals surface area contributed by atoms with Crippen molar-refractivity contribution in [3.63, 3.8) is 0 Å². The molecule has 0 aliphatic carbocycles. The first kappa shape index (κ1) is 13.2. The third-order valence-electron chi connectivity index (χ3n) is 2.86. The Morgan fingerprint density at radius 2 is 2.39 bits per heavy atom. The zero-order valence-corrected chi connectivity index (χ0v) is 11.3. The van der Waals surface area contributed by atoms with E-state index in [2.05, 4.69) is 0 Å². The first-order valence-corrected chi connectivity index (χ1v) is 6.85. The van der Waals surface area contributed by atoms with Crippen LogP contribution in [0.5, 0.6) is 0 Å². The molecule has 96 valence electrons. The van der Waals surface area contributed by atoms with Crippen molar-refractivity contribution in [2.45, 2.75) is 19.4 Å². The molecule has 1 aromatic carbocycles. The number of nitro benzene ring substituents is 1. The van der Waals surface area contributed by atoms with Crippen LogP contribution in [0.15, 0.2) is 18.2 Å². The predicted octanol–water partition coefficient (Wildman–Crippen LogP) is 3.51. The summed E-state index contributed by atoms with van der Waals surface area (Å²) in [7, 11) is 0. The molecular formula is C11H12ClN3O2S. The second kappa shape index (κ2) is 5.16. The van der Waals surface area contributed by atoms with E-state index in [9.17, 15) is 10.1 Å². The van der Waals surface area contributed by atoms with Crippen LogP contribution < -0.4 is 4.90 Å². The molecule has 1 heterocycles. The van der Waals surface area contributed by atoms with Gasteiger partial charge in [-0.15, -0.1) is 0 Å². The molecule has 2 rings (SSSR count). The monoisotopic (exact) mass is 285 g/mol. The summed E-state index contributed by atoms with van der Waals surface area (Å²) in [6.45, 7) is 2.01. The first-order chi connectivity index (χ1) is 8.54. The fourth-order valence-corrected chi connectivity index (χ4v) is 3.23. The smallest absolute Gasteiger partial charge is 0.294 e. The standard InChI is InChI=1S/C11H12ClN3O2S/c1-2-8-6-18-11(13)14(8)9-4-3-7(12)5-10(9)15(16)17/h3-5,8,13H,2,6H2,1H3/t8-/m1/s1. The van der Waals surface area contributed by atoms with Gasteiger partial charge in [-0.05, 0) is 18.6 Å². The third-order valence-corrected chi connectivity index (χ3v) is 4.12. The molecule has 0 radical (unpaired) electrons. The number of halogens is 1. The van der Waals surface area contributed by atoms with Crippen LogP contribution in [0.2, 0.25) is 5.02 Å². The number of benzene rings is 1. The lowest BCUT2D eigenvalue weighted by Crippen LogP contribution is -2.33. The van der Waals surface area contributed by atoms with Gasteiger partial charge < -0.3 is 4.90 Å². The van der Waals surface area contributed by atoms with Gasteiger partial charge in [-0.25, -0.2) is 0 Å². The van der Waals surface area contributed by atoms with E-state index in [1.807, 2.05) is 6.92 Å². The molecule has 1 atom stereocenters.